The number of pyridine rings is 1. The van der Waals surface area contributed by atoms with Crippen LogP contribution in [0.4, 0.5) is 5.82 Å². The summed E-state index contributed by atoms with van der Waals surface area (Å²) in [5.41, 5.74) is 13.3. The van der Waals surface area contributed by atoms with E-state index in [0.29, 0.717) is 39.0 Å². The van der Waals surface area contributed by atoms with E-state index < -0.39 is 5.91 Å². The van der Waals surface area contributed by atoms with E-state index in [1.165, 1.54) is 6.08 Å². The number of amides is 1. The number of oxazole rings is 1. The van der Waals surface area contributed by atoms with Crippen LogP contribution in [-0.4, -0.2) is 15.9 Å². The van der Waals surface area contributed by atoms with Crippen LogP contribution in [-0.2, 0) is 11.2 Å². The van der Waals surface area contributed by atoms with Gasteiger partial charge in [0.05, 0.1) is 11.4 Å². The second-order valence-corrected chi connectivity index (χ2v) is 6.39. The molecule has 2 heterocycles. The summed E-state index contributed by atoms with van der Waals surface area (Å²) in [6.07, 6.45) is 3.15. The second kappa shape index (κ2) is 6.62. The Labute approximate surface area is 150 Å². The number of carbonyl (C=O) groups excluding carboxylic acids is 1. The molecule has 0 saturated carbocycles. The summed E-state index contributed by atoms with van der Waals surface area (Å²) in [6.45, 7) is 0. The van der Waals surface area contributed by atoms with E-state index in [9.17, 15) is 4.79 Å². The van der Waals surface area contributed by atoms with Crippen molar-refractivity contribution in [3.8, 4) is 0 Å². The third kappa shape index (κ3) is 3.58. The van der Waals surface area contributed by atoms with Crippen LogP contribution >= 0.6 is 27.5 Å². The normalized spacial score (nSPS) is 11.8. The van der Waals surface area contributed by atoms with Gasteiger partial charge in [-0.2, -0.15) is 0 Å². The summed E-state index contributed by atoms with van der Waals surface area (Å²) >= 11 is 9.52. The zero-order valence-corrected chi connectivity index (χ0v) is 14.6. The number of allylic oxidation sites excluding steroid dienone is 1. The van der Waals surface area contributed by atoms with Gasteiger partial charge in [0.1, 0.15) is 11.3 Å². The lowest BCUT2D eigenvalue weighted by atomic mass is 10.0. The monoisotopic (exact) mass is 406 g/mol. The lowest BCUT2D eigenvalue weighted by Crippen LogP contribution is -2.08. The number of nitrogens with zero attached hydrogens (tertiary/aromatic N) is 2. The number of hydrogen-bond donors (Lipinski definition) is 2. The van der Waals surface area contributed by atoms with Crippen molar-refractivity contribution < 1.29 is 9.21 Å². The summed E-state index contributed by atoms with van der Waals surface area (Å²) in [5.74, 6) is 0.226. The molecule has 4 N–H and O–H groups in total. The number of fused-ring (bicyclic) bond motifs is 1. The molecule has 0 aliphatic carbocycles. The number of nitrogen functional groups attached to an aromatic ring is 1. The average molecular weight is 408 g/mol. The first kappa shape index (κ1) is 16.5. The van der Waals surface area contributed by atoms with Gasteiger partial charge in [-0.15, -0.1) is 0 Å². The summed E-state index contributed by atoms with van der Waals surface area (Å²) in [7, 11) is 0. The van der Waals surface area contributed by atoms with Gasteiger partial charge in [0, 0.05) is 16.7 Å². The fourth-order valence-electron chi connectivity index (χ4n) is 2.25. The Balaban J connectivity index is 2.00. The van der Waals surface area contributed by atoms with Crippen molar-refractivity contribution in [1.29, 1.82) is 0 Å². The number of nitrogens with two attached hydrogens (primary N) is 2. The number of aromatic nitrogens is 2. The first-order chi connectivity index (χ1) is 11.4. The maximum Gasteiger partial charge on any atom is 0.241 e. The molecular weight excluding hydrogens is 396 g/mol. The Kier molecular flexibility index (Phi) is 4.55. The molecule has 3 aromatic rings. The van der Waals surface area contributed by atoms with Crippen LogP contribution in [0, 0.1) is 0 Å². The fraction of sp³-hybridized carbons (Fsp3) is 0.0625. The standard InChI is InChI=1S/C16H12BrClN4O2/c17-10-5-11(18)16-12(6-10)22-15(24-16)4-9(3-14(20)23)8-1-2-13(19)21-7-8/h1-3,5-7H,4H2,(H2,19,21)(H2,20,23)/b9-3+. The second-order valence-electron chi connectivity index (χ2n) is 5.06. The Hall–Kier alpha value is -2.38. The lowest BCUT2D eigenvalue weighted by molar-refractivity contribution is -0.113. The van der Waals surface area contributed by atoms with Crippen LogP contribution in [0.3, 0.4) is 0 Å². The molecule has 0 saturated heterocycles. The van der Waals surface area contributed by atoms with Gasteiger partial charge in [-0.05, 0) is 35.4 Å². The highest BCUT2D eigenvalue weighted by Crippen LogP contribution is 2.30. The molecule has 0 aliphatic heterocycles. The summed E-state index contributed by atoms with van der Waals surface area (Å²) in [6, 6.07) is 6.92. The van der Waals surface area contributed by atoms with Gasteiger partial charge in [0.25, 0.3) is 0 Å². The summed E-state index contributed by atoms with van der Waals surface area (Å²) in [4.78, 5) is 19.8. The van der Waals surface area contributed by atoms with Crippen molar-refractivity contribution in [2.45, 2.75) is 6.42 Å². The number of anilines is 1. The third-order valence-electron chi connectivity index (χ3n) is 3.27. The molecule has 2 aromatic heterocycles. The van der Waals surface area contributed by atoms with E-state index in [2.05, 4.69) is 25.9 Å². The largest absolute Gasteiger partial charge is 0.439 e. The molecule has 8 heteroatoms. The third-order valence-corrected chi connectivity index (χ3v) is 4.01. The minimum Gasteiger partial charge on any atom is -0.439 e. The molecular formula is C16H12BrClN4O2. The van der Waals surface area contributed by atoms with Gasteiger partial charge < -0.3 is 15.9 Å². The molecule has 0 unspecified atom stereocenters. The van der Waals surface area contributed by atoms with Gasteiger partial charge in [-0.3, -0.25) is 4.79 Å². The zero-order chi connectivity index (χ0) is 17.3. The van der Waals surface area contributed by atoms with Gasteiger partial charge in [-0.25, -0.2) is 9.97 Å². The summed E-state index contributed by atoms with van der Waals surface area (Å²) in [5, 5.41) is 0.452. The SMILES string of the molecule is NC(=O)/C=C(\Cc1nc2cc(Br)cc(Cl)c2o1)c1ccc(N)nc1. The molecule has 1 amide bonds. The number of carbonyl (C=O) groups is 1. The molecule has 0 spiro atoms. The van der Waals surface area contributed by atoms with Crippen molar-refractivity contribution in [3.63, 3.8) is 0 Å². The molecule has 0 fully saturated rings. The Bertz CT molecular complexity index is 951. The molecule has 0 bridgehead atoms. The van der Waals surface area contributed by atoms with Gasteiger partial charge in [-0.1, -0.05) is 27.5 Å². The molecule has 0 atom stereocenters. The van der Waals surface area contributed by atoms with Crippen LogP contribution in [0.15, 0.2) is 45.4 Å². The zero-order valence-electron chi connectivity index (χ0n) is 12.3. The Morgan fingerprint density at radius 2 is 2.17 bits per heavy atom. The number of primary amides is 1. The maximum atomic E-state index is 11.3. The number of halogens is 2. The highest BCUT2D eigenvalue weighted by Gasteiger charge is 2.14. The van der Waals surface area contributed by atoms with E-state index in [1.54, 1.807) is 30.5 Å². The number of rotatable bonds is 4. The summed E-state index contributed by atoms with van der Waals surface area (Å²) < 4.78 is 6.51. The molecule has 24 heavy (non-hydrogen) atoms. The predicted molar refractivity (Wildman–Crippen MR) is 96.2 cm³/mol. The lowest BCUT2D eigenvalue weighted by Gasteiger charge is -2.05. The predicted octanol–water partition coefficient (Wildman–Crippen LogP) is 3.33. The fourth-order valence-corrected chi connectivity index (χ4v) is 3.08. The number of hydrogen-bond acceptors (Lipinski definition) is 5. The highest BCUT2D eigenvalue weighted by molar-refractivity contribution is 9.10. The first-order valence-corrected chi connectivity index (χ1v) is 8.06. The van der Waals surface area contributed by atoms with Gasteiger partial charge in [0.2, 0.25) is 5.91 Å². The topological polar surface area (TPSA) is 108 Å². The van der Waals surface area contributed by atoms with E-state index in [-0.39, 0.29) is 6.42 Å². The quantitative estimate of drug-likeness (QED) is 0.645. The molecule has 0 aliphatic rings. The van der Waals surface area contributed by atoms with Crippen LogP contribution in [0.2, 0.25) is 5.02 Å². The molecule has 1 aromatic carbocycles. The minimum atomic E-state index is -0.571. The van der Waals surface area contributed by atoms with Crippen molar-refractivity contribution in [3.05, 3.63) is 57.5 Å². The van der Waals surface area contributed by atoms with E-state index in [4.69, 9.17) is 27.5 Å². The Morgan fingerprint density at radius 3 is 2.83 bits per heavy atom. The van der Waals surface area contributed by atoms with Gasteiger partial charge in [0.15, 0.2) is 11.5 Å². The molecule has 122 valence electrons. The molecule has 6 nitrogen and oxygen atoms in total. The van der Waals surface area contributed by atoms with E-state index >= 15 is 0 Å². The van der Waals surface area contributed by atoms with Crippen molar-refractivity contribution >= 4 is 55.9 Å². The van der Waals surface area contributed by atoms with Crippen molar-refractivity contribution in [2.24, 2.45) is 5.73 Å². The van der Waals surface area contributed by atoms with Crippen molar-refractivity contribution in [2.75, 3.05) is 5.73 Å². The number of benzene rings is 1. The minimum absolute atomic E-state index is 0.261. The Morgan fingerprint density at radius 1 is 1.38 bits per heavy atom. The van der Waals surface area contributed by atoms with Gasteiger partial charge >= 0.3 is 0 Å². The first-order valence-electron chi connectivity index (χ1n) is 6.89. The maximum absolute atomic E-state index is 11.3. The highest BCUT2D eigenvalue weighted by atomic mass is 79.9. The van der Waals surface area contributed by atoms with E-state index in [0.717, 1.165) is 4.47 Å². The van der Waals surface area contributed by atoms with Crippen molar-refractivity contribution in [1.82, 2.24) is 9.97 Å². The van der Waals surface area contributed by atoms with Crippen LogP contribution in [0.1, 0.15) is 11.5 Å². The van der Waals surface area contributed by atoms with Crippen LogP contribution < -0.4 is 11.5 Å². The smallest absolute Gasteiger partial charge is 0.241 e. The van der Waals surface area contributed by atoms with Crippen LogP contribution in [0.25, 0.3) is 16.7 Å². The molecule has 0 radical (unpaired) electrons. The average Bonchev–Trinajstić information content (AvgIpc) is 2.89. The van der Waals surface area contributed by atoms with E-state index in [1.807, 2.05) is 0 Å². The molecule has 3 rings (SSSR count). The van der Waals surface area contributed by atoms with Crippen LogP contribution in [0.5, 0.6) is 0 Å².